The highest BCUT2D eigenvalue weighted by atomic mass is 35.5. The van der Waals surface area contributed by atoms with Crippen LogP contribution >= 0.6 is 12.4 Å². The predicted octanol–water partition coefficient (Wildman–Crippen LogP) is 5.81. The quantitative estimate of drug-likeness (QED) is 0.459. The molecule has 1 aliphatic heterocycles. The van der Waals surface area contributed by atoms with Crippen LogP contribution in [-0.2, 0) is 6.42 Å². The van der Waals surface area contributed by atoms with Gasteiger partial charge in [-0.25, -0.2) is 0 Å². The Labute approximate surface area is 220 Å². The van der Waals surface area contributed by atoms with E-state index in [4.69, 9.17) is 4.74 Å². The summed E-state index contributed by atoms with van der Waals surface area (Å²) in [6, 6.07) is 12.9. The molecule has 2 aliphatic carbocycles. The number of ether oxygens (including phenoxy) is 1. The second kappa shape index (κ2) is 12.3. The molecule has 194 valence electrons. The van der Waals surface area contributed by atoms with E-state index in [0.717, 1.165) is 80.6 Å². The predicted molar refractivity (Wildman–Crippen MR) is 145 cm³/mol. The monoisotopic (exact) mass is 511 g/mol. The van der Waals surface area contributed by atoms with E-state index in [1.165, 1.54) is 24.8 Å². The van der Waals surface area contributed by atoms with Crippen LogP contribution in [0.3, 0.4) is 0 Å². The van der Waals surface area contributed by atoms with Gasteiger partial charge in [-0.2, -0.15) is 0 Å². The zero-order chi connectivity index (χ0) is 24.2. The standard InChI is InChI=1S/C30H37NO4.ClH/c32-24-9-4-21(5-10-24)27-14-8-23-20-25(33)11-15-28(23)29(27)30(34)22-6-12-26(13-7-22)35-19-18-31-16-2-1-3-17-31;/h6-7,11-13,15,20-21,24,32-33H,1-5,8-10,14,16-19H2;1H/t21-,24-;. The van der Waals surface area contributed by atoms with Crippen LogP contribution in [0.2, 0.25) is 0 Å². The lowest BCUT2D eigenvalue weighted by molar-refractivity contribution is 0.105. The van der Waals surface area contributed by atoms with Gasteiger partial charge in [-0.05, 0) is 118 Å². The van der Waals surface area contributed by atoms with Crippen molar-refractivity contribution < 1.29 is 19.7 Å². The van der Waals surface area contributed by atoms with Crippen LogP contribution in [0.5, 0.6) is 11.5 Å². The highest BCUT2D eigenvalue weighted by molar-refractivity contribution is 6.30. The first-order valence-electron chi connectivity index (χ1n) is 13.3. The first-order valence-corrected chi connectivity index (χ1v) is 13.3. The number of aliphatic hydroxyl groups excluding tert-OH is 1. The fourth-order valence-corrected chi connectivity index (χ4v) is 6.02. The van der Waals surface area contributed by atoms with Crippen LogP contribution in [0.25, 0.3) is 5.57 Å². The third kappa shape index (κ3) is 6.13. The van der Waals surface area contributed by atoms with Gasteiger partial charge in [-0.3, -0.25) is 9.69 Å². The van der Waals surface area contributed by atoms with Crippen LogP contribution in [-0.4, -0.2) is 53.2 Å². The molecule has 0 spiro atoms. The fraction of sp³-hybridized carbons (Fsp3) is 0.500. The molecule has 2 fully saturated rings. The summed E-state index contributed by atoms with van der Waals surface area (Å²) in [6.07, 6.45) is 8.75. The molecule has 0 radical (unpaired) electrons. The number of fused-ring (bicyclic) bond motifs is 1. The zero-order valence-corrected chi connectivity index (χ0v) is 21.8. The SMILES string of the molecule is Cl.O=C(C1=C([C@H]2CC[C@H](O)CC2)CCc2cc(O)ccc21)c1ccc(OCCN2CCCCC2)cc1. The van der Waals surface area contributed by atoms with E-state index < -0.39 is 0 Å². The number of hydrogen-bond acceptors (Lipinski definition) is 5. The molecule has 5 nitrogen and oxygen atoms in total. The van der Waals surface area contributed by atoms with Gasteiger partial charge in [0.15, 0.2) is 5.78 Å². The van der Waals surface area contributed by atoms with Crippen molar-refractivity contribution in [3.63, 3.8) is 0 Å². The molecule has 3 aliphatic rings. The Morgan fingerprint density at radius 3 is 2.39 bits per heavy atom. The molecule has 2 N–H and O–H groups in total. The molecule has 1 saturated heterocycles. The summed E-state index contributed by atoms with van der Waals surface area (Å²) in [4.78, 5) is 16.3. The smallest absolute Gasteiger partial charge is 0.193 e. The minimum atomic E-state index is -0.221. The van der Waals surface area contributed by atoms with Crippen LogP contribution in [0.4, 0.5) is 0 Å². The Morgan fingerprint density at radius 2 is 1.67 bits per heavy atom. The Kier molecular flexibility index (Phi) is 9.10. The first-order chi connectivity index (χ1) is 17.1. The van der Waals surface area contributed by atoms with E-state index >= 15 is 0 Å². The van der Waals surface area contributed by atoms with Crippen molar-refractivity contribution in [1.29, 1.82) is 0 Å². The van der Waals surface area contributed by atoms with Gasteiger partial charge in [0.05, 0.1) is 6.10 Å². The topological polar surface area (TPSA) is 70.0 Å². The van der Waals surface area contributed by atoms with Crippen molar-refractivity contribution in [2.75, 3.05) is 26.2 Å². The number of Topliss-reactive ketones (excluding diaryl/α,β-unsaturated/α-hetero) is 1. The number of halogens is 1. The lowest BCUT2D eigenvalue weighted by Gasteiger charge is -2.32. The van der Waals surface area contributed by atoms with Crippen molar-refractivity contribution in [3.8, 4) is 11.5 Å². The third-order valence-corrected chi connectivity index (χ3v) is 8.00. The molecule has 0 unspecified atom stereocenters. The molecule has 1 saturated carbocycles. The normalized spacial score (nSPS) is 22.5. The number of benzene rings is 2. The summed E-state index contributed by atoms with van der Waals surface area (Å²) in [5.74, 6) is 1.41. The van der Waals surface area contributed by atoms with E-state index in [1.54, 1.807) is 12.1 Å². The van der Waals surface area contributed by atoms with Crippen molar-refractivity contribution in [3.05, 3.63) is 64.7 Å². The molecule has 0 bridgehead atoms. The summed E-state index contributed by atoms with van der Waals surface area (Å²) >= 11 is 0. The molecule has 0 aromatic heterocycles. The van der Waals surface area contributed by atoms with Crippen LogP contribution in [0.15, 0.2) is 48.0 Å². The van der Waals surface area contributed by atoms with Gasteiger partial charge >= 0.3 is 0 Å². The molecule has 5 rings (SSSR count). The Morgan fingerprint density at radius 1 is 0.944 bits per heavy atom. The maximum Gasteiger partial charge on any atom is 0.193 e. The fourth-order valence-electron chi connectivity index (χ4n) is 6.02. The average molecular weight is 512 g/mol. The number of carbonyl (C=O) groups excluding carboxylic acids is 1. The van der Waals surface area contributed by atoms with Gasteiger partial charge < -0.3 is 14.9 Å². The first kappa shape index (κ1) is 26.7. The maximum absolute atomic E-state index is 13.9. The molecule has 0 atom stereocenters. The number of aromatic hydroxyl groups is 1. The summed E-state index contributed by atoms with van der Waals surface area (Å²) in [6.45, 7) is 3.92. The molecule has 2 aromatic carbocycles. The van der Waals surface area contributed by atoms with Gasteiger partial charge in [0.1, 0.15) is 18.1 Å². The number of phenols is 1. The summed E-state index contributed by atoms with van der Waals surface area (Å²) in [5.41, 5.74) is 4.67. The van der Waals surface area contributed by atoms with Gasteiger partial charge in [0.2, 0.25) is 0 Å². The highest BCUT2D eigenvalue weighted by Crippen LogP contribution is 2.42. The van der Waals surface area contributed by atoms with Gasteiger partial charge in [-0.1, -0.05) is 18.1 Å². The number of rotatable bonds is 7. The van der Waals surface area contributed by atoms with Crippen LogP contribution in [0.1, 0.15) is 72.9 Å². The highest BCUT2D eigenvalue weighted by Gasteiger charge is 2.31. The number of nitrogens with zero attached hydrogens (tertiary/aromatic N) is 1. The second-order valence-electron chi connectivity index (χ2n) is 10.4. The molecular weight excluding hydrogens is 474 g/mol. The van der Waals surface area contributed by atoms with Crippen molar-refractivity contribution in [2.45, 2.75) is 63.9 Å². The summed E-state index contributed by atoms with van der Waals surface area (Å²) < 4.78 is 5.97. The van der Waals surface area contributed by atoms with E-state index in [2.05, 4.69) is 4.90 Å². The Bertz CT molecular complexity index is 1070. The van der Waals surface area contributed by atoms with Crippen molar-refractivity contribution in [2.24, 2.45) is 5.92 Å². The van der Waals surface area contributed by atoms with Crippen LogP contribution < -0.4 is 4.74 Å². The van der Waals surface area contributed by atoms with Crippen molar-refractivity contribution in [1.82, 2.24) is 4.90 Å². The molecule has 6 heteroatoms. The van der Waals surface area contributed by atoms with Crippen molar-refractivity contribution >= 4 is 23.8 Å². The number of piperidine rings is 1. The largest absolute Gasteiger partial charge is 0.508 e. The lowest BCUT2D eigenvalue weighted by Crippen LogP contribution is -2.33. The number of phenolic OH excluding ortho intramolecular Hbond substituents is 1. The van der Waals surface area contributed by atoms with Gasteiger partial charge in [0, 0.05) is 17.7 Å². The number of allylic oxidation sites excluding steroid dienone is 2. The third-order valence-electron chi connectivity index (χ3n) is 8.00. The van der Waals surface area contributed by atoms with Gasteiger partial charge in [-0.15, -0.1) is 12.4 Å². The molecule has 2 aromatic rings. The Balaban J connectivity index is 0.00000304. The molecule has 1 heterocycles. The maximum atomic E-state index is 13.9. The lowest BCUT2D eigenvalue weighted by atomic mass is 9.73. The molecule has 36 heavy (non-hydrogen) atoms. The Hall–Kier alpha value is -2.34. The minimum absolute atomic E-state index is 0. The van der Waals surface area contributed by atoms with E-state index in [0.29, 0.717) is 18.1 Å². The van der Waals surface area contributed by atoms with Crippen LogP contribution in [0, 0.1) is 5.92 Å². The number of carbonyl (C=O) groups is 1. The van der Waals surface area contributed by atoms with Gasteiger partial charge in [0.25, 0.3) is 0 Å². The number of hydrogen-bond donors (Lipinski definition) is 2. The number of ketones is 1. The zero-order valence-electron chi connectivity index (χ0n) is 21.0. The number of aliphatic hydroxyl groups is 1. The summed E-state index contributed by atoms with van der Waals surface area (Å²) in [7, 11) is 0. The van der Waals surface area contributed by atoms with E-state index in [1.807, 2.05) is 30.3 Å². The molecule has 0 amide bonds. The molecular formula is C30H38ClNO4. The average Bonchev–Trinajstić information content (AvgIpc) is 2.89. The number of likely N-dealkylation sites (tertiary alicyclic amines) is 1. The summed E-state index contributed by atoms with van der Waals surface area (Å²) in [5, 5.41) is 20.0. The van der Waals surface area contributed by atoms with E-state index in [-0.39, 0.29) is 30.0 Å². The second-order valence-corrected chi connectivity index (χ2v) is 10.4. The van der Waals surface area contributed by atoms with E-state index in [9.17, 15) is 15.0 Å². The minimum Gasteiger partial charge on any atom is -0.508 e. The number of aryl methyl sites for hydroxylation is 1.